The minimum Gasteiger partial charge on any atom is -0.337 e. The van der Waals surface area contributed by atoms with Crippen molar-refractivity contribution in [2.45, 2.75) is 24.3 Å². The molecule has 0 aliphatic heterocycles. The van der Waals surface area contributed by atoms with Gasteiger partial charge in [-0.25, -0.2) is 9.37 Å². The molecule has 0 N–H and O–H groups in total. The van der Waals surface area contributed by atoms with Crippen molar-refractivity contribution >= 4 is 39.2 Å². The maximum atomic E-state index is 12.9. The number of thiazole rings is 1. The smallest absolute Gasteiger partial charge is 0.223 e. The number of fused-ring (bicyclic) bond motifs is 1. The van der Waals surface area contributed by atoms with E-state index in [1.165, 1.54) is 12.1 Å². The average Bonchev–Trinajstić information content (AvgIpc) is 3.06. The van der Waals surface area contributed by atoms with Gasteiger partial charge in [0.05, 0.1) is 16.3 Å². The molecule has 0 aliphatic rings. The third-order valence-corrected chi connectivity index (χ3v) is 6.26. The van der Waals surface area contributed by atoms with Gasteiger partial charge >= 0.3 is 0 Å². The third-order valence-electron chi connectivity index (χ3n) is 4.04. The van der Waals surface area contributed by atoms with Crippen molar-refractivity contribution in [2.75, 3.05) is 12.8 Å². The molecule has 1 amide bonds. The average molecular weight is 375 g/mol. The lowest BCUT2D eigenvalue weighted by molar-refractivity contribution is -0.131. The molecule has 2 aromatic carbocycles. The molecule has 0 aliphatic carbocycles. The standard InChI is InChI=1S/C19H19FN2OS2/c1-13(19-21-16-5-3-4-6-17(16)25-19)22(2)18(23)11-12-24-15-9-7-14(20)8-10-15/h3-10,13H,11-12H2,1-2H3/t13-/m0/s1. The van der Waals surface area contributed by atoms with Gasteiger partial charge in [0.1, 0.15) is 10.8 Å². The molecule has 0 saturated heterocycles. The number of aromatic nitrogens is 1. The Morgan fingerprint density at radius 1 is 1.24 bits per heavy atom. The summed E-state index contributed by atoms with van der Waals surface area (Å²) in [5.74, 6) is 0.507. The SMILES string of the molecule is C[C@@H](c1nc2ccccc2s1)N(C)C(=O)CCSc1ccc(F)cc1. The summed E-state index contributed by atoms with van der Waals surface area (Å²) >= 11 is 3.19. The molecule has 25 heavy (non-hydrogen) atoms. The Balaban J connectivity index is 1.56. The number of thioether (sulfide) groups is 1. The van der Waals surface area contributed by atoms with Gasteiger partial charge in [0.2, 0.25) is 5.91 Å². The Morgan fingerprint density at radius 3 is 2.68 bits per heavy atom. The second kappa shape index (κ2) is 7.97. The number of para-hydroxylation sites is 1. The quantitative estimate of drug-likeness (QED) is 0.560. The van der Waals surface area contributed by atoms with Gasteiger partial charge in [-0.3, -0.25) is 4.79 Å². The van der Waals surface area contributed by atoms with E-state index in [0.717, 1.165) is 20.1 Å². The Kier molecular flexibility index (Phi) is 5.71. The number of benzene rings is 2. The molecule has 3 rings (SSSR count). The molecule has 1 heterocycles. The number of carbonyl (C=O) groups excluding carboxylic acids is 1. The fraction of sp³-hybridized carbons (Fsp3) is 0.263. The molecule has 3 nitrogen and oxygen atoms in total. The molecule has 130 valence electrons. The van der Waals surface area contributed by atoms with Gasteiger partial charge < -0.3 is 4.90 Å². The highest BCUT2D eigenvalue weighted by molar-refractivity contribution is 7.99. The molecule has 1 aromatic heterocycles. The summed E-state index contributed by atoms with van der Waals surface area (Å²) in [5.41, 5.74) is 0.974. The van der Waals surface area contributed by atoms with Gasteiger partial charge in [-0.15, -0.1) is 23.1 Å². The van der Waals surface area contributed by atoms with E-state index < -0.39 is 0 Å². The topological polar surface area (TPSA) is 33.2 Å². The van der Waals surface area contributed by atoms with Crippen molar-refractivity contribution in [2.24, 2.45) is 0 Å². The number of carbonyl (C=O) groups is 1. The normalized spacial score (nSPS) is 12.3. The fourth-order valence-electron chi connectivity index (χ4n) is 2.41. The van der Waals surface area contributed by atoms with Crippen molar-refractivity contribution in [3.63, 3.8) is 0 Å². The van der Waals surface area contributed by atoms with E-state index in [1.807, 2.05) is 38.2 Å². The summed E-state index contributed by atoms with van der Waals surface area (Å²) in [5, 5.41) is 0.947. The first-order valence-electron chi connectivity index (χ1n) is 8.04. The Hall–Kier alpha value is -1.92. The Bertz CT molecular complexity index is 830. The summed E-state index contributed by atoms with van der Waals surface area (Å²) in [6.45, 7) is 2.00. The lowest BCUT2D eigenvalue weighted by atomic mass is 10.3. The number of nitrogens with zero attached hydrogens (tertiary/aromatic N) is 2. The number of halogens is 1. The van der Waals surface area contributed by atoms with Crippen LogP contribution >= 0.6 is 23.1 Å². The van der Waals surface area contributed by atoms with E-state index in [2.05, 4.69) is 4.98 Å². The Labute approximate surface area is 154 Å². The van der Waals surface area contributed by atoms with Crippen LogP contribution in [0.3, 0.4) is 0 Å². The molecule has 0 spiro atoms. The number of hydrogen-bond acceptors (Lipinski definition) is 4. The van der Waals surface area contributed by atoms with Crippen molar-refractivity contribution in [3.8, 4) is 0 Å². The second-order valence-corrected chi connectivity index (χ2v) is 7.98. The van der Waals surface area contributed by atoms with Crippen molar-refractivity contribution in [3.05, 3.63) is 59.4 Å². The zero-order valence-electron chi connectivity index (χ0n) is 14.1. The van der Waals surface area contributed by atoms with Gasteiger partial charge in [0, 0.05) is 24.1 Å². The lowest BCUT2D eigenvalue weighted by Crippen LogP contribution is -2.29. The Morgan fingerprint density at radius 2 is 1.96 bits per heavy atom. The van der Waals surface area contributed by atoms with Crippen molar-refractivity contribution in [1.29, 1.82) is 0 Å². The largest absolute Gasteiger partial charge is 0.337 e. The van der Waals surface area contributed by atoms with E-state index in [-0.39, 0.29) is 17.8 Å². The summed E-state index contributed by atoms with van der Waals surface area (Å²) in [6.07, 6.45) is 0.438. The first kappa shape index (κ1) is 17.9. The van der Waals surface area contributed by atoms with Crippen LogP contribution in [0, 0.1) is 5.82 Å². The first-order chi connectivity index (χ1) is 12.0. The number of hydrogen-bond donors (Lipinski definition) is 0. The maximum absolute atomic E-state index is 12.9. The van der Waals surface area contributed by atoms with Crippen LogP contribution in [-0.2, 0) is 4.79 Å². The van der Waals surface area contributed by atoms with Crippen LogP contribution in [0.1, 0.15) is 24.4 Å². The van der Waals surface area contributed by atoms with Crippen molar-refractivity contribution < 1.29 is 9.18 Å². The second-order valence-electron chi connectivity index (χ2n) is 5.75. The zero-order chi connectivity index (χ0) is 17.8. The predicted molar refractivity (Wildman–Crippen MR) is 103 cm³/mol. The molecule has 0 unspecified atom stereocenters. The highest BCUT2D eigenvalue weighted by Gasteiger charge is 2.20. The molecule has 3 aromatic rings. The van der Waals surface area contributed by atoms with Gasteiger partial charge in [-0.2, -0.15) is 0 Å². The fourth-order valence-corrected chi connectivity index (χ4v) is 4.32. The van der Waals surface area contributed by atoms with E-state index in [1.54, 1.807) is 40.1 Å². The van der Waals surface area contributed by atoms with E-state index in [9.17, 15) is 9.18 Å². The summed E-state index contributed by atoms with van der Waals surface area (Å²) in [7, 11) is 1.82. The molecule has 0 radical (unpaired) electrons. The molecular formula is C19H19FN2OS2. The van der Waals surface area contributed by atoms with Crippen LogP contribution in [0.5, 0.6) is 0 Å². The highest BCUT2D eigenvalue weighted by atomic mass is 32.2. The molecule has 0 saturated carbocycles. The third kappa shape index (κ3) is 4.38. The zero-order valence-corrected chi connectivity index (χ0v) is 15.7. The lowest BCUT2D eigenvalue weighted by Gasteiger charge is -2.23. The predicted octanol–water partition coefficient (Wildman–Crippen LogP) is 5.14. The first-order valence-corrected chi connectivity index (χ1v) is 9.84. The van der Waals surface area contributed by atoms with Crippen LogP contribution in [-0.4, -0.2) is 28.6 Å². The van der Waals surface area contributed by atoms with Crippen LogP contribution in [0.15, 0.2) is 53.4 Å². The van der Waals surface area contributed by atoms with Crippen LogP contribution in [0.2, 0.25) is 0 Å². The van der Waals surface area contributed by atoms with E-state index in [4.69, 9.17) is 0 Å². The number of amides is 1. The van der Waals surface area contributed by atoms with Crippen LogP contribution in [0.25, 0.3) is 10.2 Å². The van der Waals surface area contributed by atoms with Crippen LogP contribution < -0.4 is 0 Å². The summed E-state index contributed by atoms with van der Waals surface area (Å²) in [6, 6.07) is 14.3. The van der Waals surface area contributed by atoms with Gasteiger partial charge in [0.15, 0.2) is 0 Å². The van der Waals surface area contributed by atoms with Crippen LogP contribution in [0.4, 0.5) is 4.39 Å². The summed E-state index contributed by atoms with van der Waals surface area (Å²) < 4.78 is 14.0. The van der Waals surface area contributed by atoms with Gasteiger partial charge in [-0.1, -0.05) is 12.1 Å². The molecule has 0 bridgehead atoms. The minimum atomic E-state index is -0.246. The van der Waals surface area contributed by atoms with Crippen molar-refractivity contribution in [1.82, 2.24) is 9.88 Å². The molecule has 6 heteroatoms. The maximum Gasteiger partial charge on any atom is 0.223 e. The summed E-state index contributed by atoms with van der Waals surface area (Å²) in [4.78, 5) is 19.8. The van der Waals surface area contributed by atoms with Gasteiger partial charge in [0.25, 0.3) is 0 Å². The molecule has 0 fully saturated rings. The number of rotatable bonds is 6. The monoisotopic (exact) mass is 374 g/mol. The van der Waals surface area contributed by atoms with E-state index in [0.29, 0.717) is 12.2 Å². The molecular weight excluding hydrogens is 355 g/mol. The minimum absolute atomic E-state index is 0.0549. The highest BCUT2D eigenvalue weighted by Crippen LogP contribution is 2.29. The molecule has 1 atom stereocenters. The van der Waals surface area contributed by atoms with E-state index >= 15 is 0 Å². The van der Waals surface area contributed by atoms with Gasteiger partial charge in [-0.05, 0) is 43.3 Å².